The number of ether oxygens (including phenoxy) is 2. The maximum Gasteiger partial charge on any atom is 0.319 e. The molecule has 0 saturated heterocycles. The minimum atomic E-state index is -0.359. The topological polar surface area (TPSA) is 59.1 Å². The maximum absolute atomic E-state index is 11.1. The summed E-state index contributed by atoms with van der Waals surface area (Å²) in [6.45, 7) is 1.56. The molecule has 0 rings (SSSR count). The molecule has 0 amide bonds. The van der Waals surface area contributed by atoms with Gasteiger partial charge in [0.1, 0.15) is 0 Å². The summed E-state index contributed by atoms with van der Waals surface area (Å²) in [5, 5.41) is 0. The minimum Gasteiger partial charge on any atom is -0.468 e. The van der Waals surface area contributed by atoms with Gasteiger partial charge in [-0.05, 0) is 14.1 Å². The first-order valence-electron chi connectivity index (χ1n) is 5.00. The normalized spacial score (nSPS) is 10.6. The van der Waals surface area contributed by atoms with E-state index in [1.165, 1.54) is 14.2 Å². The molecule has 0 spiro atoms. The molecule has 0 aliphatic rings. The van der Waals surface area contributed by atoms with Gasteiger partial charge in [0.15, 0.2) is 0 Å². The second kappa shape index (κ2) is 8.06. The van der Waals surface area contributed by atoms with Gasteiger partial charge in [-0.3, -0.25) is 14.5 Å². The van der Waals surface area contributed by atoms with Gasteiger partial charge in [-0.2, -0.15) is 0 Å². The van der Waals surface area contributed by atoms with Gasteiger partial charge in [0.2, 0.25) is 0 Å². The summed E-state index contributed by atoms with van der Waals surface area (Å²) in [6, 6.07) is 0. The van der Waals surface area contributed by atoms with Gasteiger partial charge in [-0.15, -0.1) is 0 Å². The van der Waals surface area contributed by atoms with Crippen LogP contribution in [0.15, 0.2) is 0 Å². The largest absolute Gasteiger partial charge is 0.468 e. The molecule has 0 aromatic rings. The lowest BCUT2D eigenvalue weighted by molar-refractivity contribution is -0.145. The number of carbonyl (C=O) groups excluding carboxylic acids is 2. The smallest absolute Gasteiger partial charge is 0.319 e. The highest BCUT2D eigenvalue weighted by Crippen LogP contribution is 1.92. The lowest BCUT2D eigenvalue weighted by Gasteiger charge is -2.21. The minimum absolute atomic E-state index is 0.0967. The van der Waals surface area contributed by atoms with E-state index in [0.29, 0.717) is 6.54 Å². The zero-order valence-corrected chi connectivity index (χ0v) is 10.4. The summed E-state index contributed by atoms with van der Waals surface area (Å²) in [7, 11) is 6.50. The molecule has 0 unspecified atom stereocenters. The quantitative estimate of drug-likeness (QED) is 0.535. The van der Waals surface area contributed by atoms with Crippen LogP contribution in [0.4, 0.5) is 0 Å². The molecule has 0 N–H and O–H groups in total. The fourth-order valence-corrected chi connectivity index (χ4v) is 1.05. The number of hydrogen-bond donors (Lipinski definition) is 0. The Balaban J connectivity index is 4.15. The van der Waals surface area contributed by atoms with Crippen molar-refractivity contribution in [1.82, 2.24) is 9.80 Å². The van der Waals surface area contributed by atoms with Crippen molar-refractivity contribution < 1.29 is 19.1 Å². The van der Waals surface area contributed by atoms with Gasteiger partial charge in [-0.1, -0.05) is 0 Å². The molecule has 94 valence electrons. The zero-order chi connectivity index (χ0) is 12.6. The first-order chi connectivity index (χ1) is 7.49. The van der Waals surface area contributed by atoms with Crippen LogP contribution in [0.5, 0.6) is 0 Å². The third-order valence-electron chi connectivity index (χ3n) is 2.02. The van der Waals surface area contributed by atoms with Gasteiger partial charge in [0.05, 0.1) is 27.3 Å². The van der Waals surface area contributed by atoms with Crippen molar-refractivity contribution in [2.45, 2.75) is 0 Å². The summed E-state index contributed by atoms with van der Waals surface area (Å²) < 4.78 is 9.11. The number of likely N-dealkylation sites (N-methyl/N-ethyl adjacent to an activating group) is 1. The van der Waals surface area contributed by atoms with E-state index >= 15 is 0 Å². The Morgan fingerprint density at radius 3 is 1.69 bits per heavy atom. The number of rotatable bonds is 7. The van der Waals surface area contributed by atoms with E-state index in [0.717, 1.165) is 6.54 Å². The molecule has 0 bridgehead atoms. The Bertz CT molecular complexity index is 213. The highest BCUT2D eigenvalue weighted by Gasteiger charge is 2.15. The Morgan fingerprint density at radius 2 is 1.38 bits per heavy atom. The van der Waals surface area contributed by atoms with Crippen LogP contribution in [-0.4, -0.2) is 76.2 Å². The average Bonchev–Trinajstić information content (AvgIpc) is 2.25. The van der Waals surface area contributed by atoms with E-state index in [2.05, 4.69) is 9.47 Å². The van der Waals surface area contributed by atoms with Crippen LogP contribution in [0.25, 0.3) is 0 Å². The Morgan fingerprint density at radius 1 is 0.938 bits per heavy atom. The molecular weight excluding hydrogens is 212 g/mol. The van der Waals surface area contributed by atoms with Gasteiger partial charge in [0.25, 0.3) is 0 Å². The number of nitrogens with zero attached hydrogens (tertiary/aromatic N) is 2. The van der Waals surface area contributed by atoms with Crippen molar-refractivity contribution in [2.24, 2.45) is 0 Å². The summed E-state index contributed by atoms with van der Waals surface area (Å²) in [5.41, 5.74) is 0. The maximum atomic E-state index is 11.1. The van der Waals surface area contributed by atoms with Crippen molar-refractivity contribution in [1.29, 1.82) is 0 Å². The molecule has 0 aliphatic carbocycles. The molecule has 0 saturated carbocycles. The Hall–Kier alpha value is -1.14. The van der Waals surface area contributed by atoms with Crippen LogP contribution in [-0.2, 0) is 19.1 Å². The van der Waals surface area contributed by atoms with Crippen molar-refractivity contribution in [3.8, 4) is 0 Å². The molecule has 0 atom stereocenters. The van der Waals surface area contributed by atoms with Crippen molar-refractivity contribution in [3.05, 3.63) is 0 Å². The molecule has 0 aliphatic heterocycles. The third kappa shape index (κ3) is 7.19. The summed E-state index contributed by atoms with van der Waals surface area (Å²) >= 11 is 0. The van der Waals surface area contributed by atoms with E-state index in [1.54, 1.807) is 4.90 Å². The number of esters is 2. The van der Waals surface area contributed by atoms with Crippen molar-refractivity contribution >= 4 is 11.9 Å². The lowest BCUT2D eigenvalue weighted by atomic mass is 10.4. The molecule has 0 heterocycles. The van der Waals surface area contributed by atoms with Gasteiger partial charge >= 0.3 is 11.9 Å². The number of hydrogen-bond acceptors (Lipinski definition) is 6. The van der Waals surface area contributed by atoms with Crippen molar-refractivity contribution in [3.63, 3.8) is 0 Å². The summed E-state index contributed by atoms with van der Waals surface area (Å²) in [4.78, 5) is 25.9. The highest BCUT2D eigenvalue weighted by atomic mass is 16.5. The molecule has 0 radical (unpaired) electrons. The third-order valence-corrected chi connectivity index (χ3v) is 2.02. The molecule has 0 fully saturated rings. The Labute approximate surface area is 96.1 Å². The van der Waals surface area contributed by atoms with Crippen LogP contribution in [0.2, 0.25) is 0 Å². The zero-order valence-electron chi connectivity index (χ0n) is 10.4. The molecule has 16 heavy (non-hydrogen) atoms. The average molecular weight is 232 g/mol. The van der Waals surface area contributed by atoms with E-state index in [1.807, 2.05) is 19.0 Å². The van der Waals surface area contributed by atoms with E-state index < -0.39 is 0 Å². The summed E-state index contributed by atoms with van der Waals surface area (Å²) in [6.07, 6.45) is 0. The van der Waals surface area contributed by atoms with Crippen LogP contribution < -0.4 is 0 Å². The van der Waals surface area contributed by atoms with Crippen LogP contribution in [0.3, 0.4) is 0 Å². The molecule has 6 heteroatoms. The van der Waals surface area contributed by atoms with Crippen LogP contribution in [0, 0.1) is 0 Å². The molecular formula is C10H20N2O4. The second-order valence-electron chi connectivity index (χ2n) is 3.67. The van der Waals surface area contributed by atoms with Gasteiger partial charge in [-0.25, -0.2) is 0 Å². The van der Waals surface area contributed by atoms with Crippen LogP contribution >= 0.6 is 0 Å². The SMILES string of the molecule is COC(=O)CN(CCN(C)C)CC(=O)OC. The van der Waals surface area contributed by atoms with Crippen molar-refractivity contribution in [2.75, 3.05) is 54.5 Å². The van der Waals surface area contributed by atoms with E-state index in [9.17, 15) is 9.59 Å². The van der Waals surface area contributed by atoms with Crippen LogP contribution in [0.1, 0.15) is 0 Å². The standard InChI is InChI=1S/C10H20N2O4/c1-11(2)5-6-12(7-9(13)15-3)8-10(14)16-4/h5-8H2,1-4H3. The fourth-order valence-electron chi connectivity index (χ4n) is 1.05. The number of carbonyl (C=O) groups is 2. The predicted octanol–water partition coefficient (Wildman–Crippen LogP) is -0.804. The Kier molecular flexibility index (Phi) is 7.49. The van der Waals surface area contributed by atoms with E-state index in [-0.39, 0.29) is 25.0 Å². The van der Waals surface area contributed by atoms with E-state index in [4.69, 9.17) is 0 Å². The lowest BCUT2D eigenvalue weighted by Crippen LogP contribution is -2.39. The monoisotopic (exact) mass is 232 g/mol. The number of methoxy groups -OCH3 is 2. The molecule has 0 aromatic heterocycles. The van der Waals surface area contributed by atoms with Gasteiger partial charge in [0, 0.05) is 13.1 Å². The predicted molar refractivity (Wildman–Crippen MR) is 59.0 cm³/mol. The second-order valence-corrected chi connectivity index (χ2v) is 3.67. The first kappa shape index (κ1) is 14.9. The first-order valence-corrected chi connectivity index (χ1v) is 5.00. The summed E-state index contributed by atoms with van der Waals surface area (Å²) in [5.74, 6) is -0.717. The molecule has 0 aromatic carbocycles. The van der Waals surface area contributed by atoms with Gasteiger partial charge < -0.3 is 14.4 Å². The highest BCUT2D eigenvalue weighted by molar-refractivity contribution is 5.74. The molecule has 6 nitrogen and oxygen atoms in total. The fraction of sp³-hybridized carbons (Fsp3) is 0.800.